The van der Waals surface area contributed by atoms with Crippen molar-refractivity contribution < 1.29 is 0 Å². The molecule has 0 bridgehead atoms. The number of nitrogens with two attached hydrogens (primary N) is 1. The molecule has 4 nitrogen and oxygen atoms in total. The zero-order valence-corrected chi connectivity index (χ0v) is 13.2. The van der Waals surface area contributed by atoms with Crippen LogP contribution >= 0.6 is 0 Å². The zero-order valence-electron chi connectivity index (χ0n) is 13.2. The predicted molar refractivity (Wildman–Crippen MR) is 83.4 cm³/mol. The first-order chi connectivity index (χ1) is 8.99. The molecule has 0 aliphatic carbocycles. The van der Waals surface area contributed by atoms with Gasteiger partial charge in [-0.3, -0.25) is 9.89 Å². The Morgan fingerprint density at radius 3 is 2.79 bits per heavy atom. The van der Waals surface area contributed by atoms with Crippen LogP contribution in [0.15, 0.2) is 4.99 Å². The molecule has 0 aromatic carbocycles. The van der Waals surface area contributed by atoms with Crippen LogP contribution in [0.25, 0.3) is 0 Å². The van der Waals surface area contributed by atoms with Gasteiger partial charge in [-0.15, -0.1) is 0 Å². The first-order valence-corrected chi connectivity index (χ1v) is 7.77. The summed E-state index contributed by atoms with van der Waals surface area (Å²) in [6.07, 6.45) is 3.82. The predicted octanol–water partition coefficient (Wildman–Crippen LogP) is 2.06. The number of hydrogen-bond acceptors (Lipinski definition) is 2. The first kappa shape index (κ1) is 16.3. The summed E-state index contributed by atoms with van der Waals surface area (Å²) < 4.78 is 0. The van der Waals surface area contributed by atoms with Crippen LogP contribution in [-0.2, 0) is 0 Å². The van der Waals surface area contributed by atoms with Gasteiger partial charge in [-0.1, -0.05) is 20.8 Å². The summed E-state index contributed by atoms with van der Waals surface area (Å²) >= 11 is 0. The van der Waals surface area contributed by atoms with Crippen molar-refractivity contribution in [3.63, 3.8) is 0 Å². The highest BCUT2D eigenvalue weighted by Crippen LogP contribution is 2.17. The van der Waals surface area contributed by atoms with Gasteiger partial charge in [0.15, 0.2) is 5.96 Å². The average molecular weight is 268 g/mol. The Morgan fingerprint density at radius 2 is 2.16 bits per heavy atom. The zero-order chi connectivity index (χ0) is 14.3. The molecule has 19 heavy (non-hydrogen) atoms. The summed E-state index contributed by atoms with van der Waals surface area (Å²) in [5, 5.41) is 3.19. The lowest BCUT2D eigenvalue weighted by molar-refractivity contribution is 0.142. The van der Waals surface area contributed by atoms with Crippen LogP contribution in [-0.4, -0.2) is 43.1 Å². The lowest BCUT2D eigenvalue weighted by atomic mass is 9.99. The lowest BCUT2D eigenvalue weighted by Crippen LogP contribution is -2.43. The van der Waals surface area contributed by atoms with Crippen LogP contribution < -0.4 is 11.1 Å². The number of guanidine groups is 1. The third kappa shape index (κ3) is 6.81. The van der Waals surface area contributed by atoms with E-state index in [1.54, 1.807) is 0 Å². The van der Waals surface area contributed by atoms with Gasteiger partial charge in [-0.05, 0) is 44.6 Å². The number of aliphatic imine (C=N–C) groups is 1. The van der Waals surface area contributed by atoms with Gasteiger partial charge in [-0.25, -0.2) is 0 Å². The Labute approximate surface area is 118 Å². The van der Waals surface area contributed by atoms with Crippen LogP contribution in [0.3, 0.4) is 0 Å². The van der Waals surface area contributed by atoms with Crippen LogP contribution in [0.2, 0.25) is 0 Å². The highest BCUT2D eigenvalue weighted by atomic mass is 15.2. The fourth-order valence-electron chi connectivity index (χ4n) is 2.52. The van der Waals surface area contributed by atoms with Gasteiger partial charge in [0.1, 0.15) is 0 Å². The smallest absolute Gasteiger partial charge is 0.188 e. The molecule has 2 unspecified atom stereocenters. The molecular formula is C15H32N4. The van der Waals surface area contributed by atoms with Crippen molar-refractivity contribution in [2.45, 2.75) is 53.0 Å². The molecule has 1 heterocycles. The van der Waals surface area contributed by atoms with E-state index in [1.165, 1.54) is 25.9 Å². The first-order valence-electron chi connectivity index (χ1n) is 7.77. The summed E-state index contributed by atoms with van der Waals surface area (Å²) in [7, 11) is 0. The number of likely N-dealkylation sites (tertiary alicyclic amines) is 1. The van der Waals surface area contributed by atoms with Gasteiger partial charge in [0.25, 0.3) is 0 Å². The molecule has 1 aliphatic rings. The normalized spacial score (nSPS) is 23.6. The lowest BCUT2D eigenvalue weighted by Gasteiger charge is -2.34. The van der Waals surface area contributed by atoms with E-state index in [2.05, 4.69) is 42.9 Å². The topological polar surface area (TPSA) is 53.6 Å². The van der Waals surface area contributed by atoms with E-state index in [0.717, 1.165) is 25.4 Å². The molecule has 112 valence electrons. The Balaban J connectivity index is 2.25. The SMILES string of the molecule is CC(C)CCNC(N)=NCC(C)N1CCCC(C)C1. The number of hydrogen-bond donors (Lipinski definition) is 2. The number of rotatable bonds is 6. The number of nitrogens with one attached hydrogen (secondary N) is 1. The van der Waals surface area contributed by atoms with Crippen molar-refractivity contribution in [3.05, 3.63) is 0 Å². The summed E-state index contributed by atoms with van der Waals surface area (Å²) in [5.74, 6) is 2.12. The summed E-state index contributed by atoms with van der Waals surface area (Å²) in [6.45, 7) is 13.2. The van der Waals surface area contributed by atoms with Crippen molar-refractivity contribution in [2.75, 3.05) is 26.2 Å². The van der Waals surface area contributed by atoms with Crippen molar-refractivity contribution in [1.29, 1.82) is 0 Å². The molecule has 0 radical (unpaired) electrons. The molecule has 1 aliphatic heterocycles. The minimum absolute atomic E-state index is 0.494. The molecule has 0 aromatic rings. The standard InChI is InChI=1S/C15H32N4/c1-12(2)7-8-17-15(16)18-10-14(4)19-9-5-6-13(3)11-19/h12-14H,5-11H2,1-4H3,(H3,16,17,18). The van der Waals surface area contributed by atoms with E-state index in [9.17, 15) is 0 Å². The Bertz CT molecular complexity index is 275. The molecular weight excluding hydrogens is 236 g/mol. The van der Waals surface area contributed by atoms with Crippen LogP contribution in [0.1, 0.15) is 47.0 Å². The minimum atomic E-state index is 0.494. The van der Waals surface area contributed by atoms with E-state index in [0.29, 0.717) is 17.9 Å². The molecule has 0 amide bonds. The summed E-state index contributed by atoms with van der Waals surface area (Å²) in [6, 6.07) is 0.494. The van der Waals surface area contributed by atoms with E-state index < -0.39 is 0 Å². The fraction of sp³-hybridized carbons (Fsp3) is 0.933. The molecule has 1 fully saturated rings. The second-order valence-corrected chi connectivity index (χ2v) is 6.43. The molecule has 3 N–H and O–H groups in total. The Morgan fingerprint density at radius 1 is 1.42 bits per heavy atom. The van der Waals surface area contributed by atoms with Crippen molar-refractivity contribution in [3.8, 4) is 0 Å². The average Bonchev–Trinajstić information content (AvgIpc) is 2.35. The van der Waals surface area contributed by atoms with E-state index in [4.69, 9.17) is 5.73 Å². The highest BCUT2D eigenvalue weighted by molar-refractivity contribution is 5.77. The second kappa shape index (κ2) is 8.41. The van der Waals surface area contributed by atoms with Crippen molar-refractivity contribution in [2.24, 2.45) is 22.6 Å². The highest BCUT2D eigenvalue weighted by Gasteiger charge is 2.20. The van der Waals surface area contributed by atoms with Crippen LogP contribution in [0.4, 0.5) is 0 Å². The third-order valence-electron chi connectivity index (χ3n) is 3.87. The molecule has 1 saturated heterocycles. The minimum Gasteiger partial charge on any atom is -0.370 e. The van der Waals surface area contributed by atoms with Gasteiger partial charge in [0.2, 0.25) is 0 Å². The second-order valence-electron chi connectivity index (χ2n) is 6.43. The van der Waals surface area contributed by atoms with Crippen LogP contribution in [0.5, 0.6) is 0 Å². The molecule has 0 aromatic heterocycles. The number of piperidine rings is 1. The van der Waals surface area contributed by atoms with Gasteiger partial charge in [-0.2, -0.15) is 0 Å². The maximum atomic E-state index is 5.89. The van der Waals surface area contributed by atoms with Gasteiger partial charge >= 0.3 is 0 Å². The fourth-order valence-corrected chi connectivity index (χ4v) is 2.52. The molecule has 4 heteroatoms. The Hall–Kier alpha value is -0.770. The molecule has 2 atom stereocenters. The quantitative estimate of drug-likeness (QED) is 0.573. The monoisotopic (exact) mass is 268 g/mol. The van der Waals surface area contributed by atoms with Gasteiger partial charge in [0.05, 0.1) is 6.54 Å². The summed E-state index contributed by atoms with van der Waals surface area (Å²) in [4.78, 5) is 7.00. The molecule has 1 rings (SSSR count). The summed E-state index contributed by atoms with van der Waals surface area (Å²) in [5.41, 5.74) is 5.89. The van der Waals surface area contributed by atoms with Gasteiger partial charge in [0, 0.05) is 19.1 Å². The van der Waals surface area contributed by atoms with E-state index in [-0.39, 0.29) is 0 Å². The largest absolute Gasteiger partial charge is 0.370 e. The van der Waals surface area contributed by atoms with E-state index >= 15 is 0 Å². The molecule has 0 spiro atoms. The van der Waals surface area contributed by atoms with Crippen molar-refractivity contribution >= 4 is 5.96 Å². The van der Waals surface area contributed by atoms with E-state index in [1.807, 2.05) is 0 Å². The molecule has 0 saturated carbocycles. The Kier molecular flexibility index (Phi) is 7.21. The van der Waals surface area contributed by atoms with Crippen LogP contribution in [0, 0.1) is 11.8 Å². The number of nitrogens with zero attached hydrogens (tertiary/aromatic N) is 2. The maximum absolute atomic E-state index is 5.89. The van der Waals surface area contributed by atoms with Crippen molar-refractivity contribution in [1.82, 2.24) is 10.2 Å². The third-order valence-corrected chi connectivity index (χ3v) is 3.87. The maximum Gasteiger partial charge on any atom is 0.188 e. The van der Waals surface area contributed by atoms with Gasteiger partial charge < -0.3 is 11.1 Å².